The third-order valence-electron chi connectivity index (χ3n) is 4.44. The molecular formula is C14H19N5O5. The number of imidazole rings is 1. The van der Waals surface area contributed by atoms with Gasteiger partial charge in [0.05, 0.1) is 26.1 Å². The quantitative estimate of drug-likeness (QED) is 0.599. The van der Waals surface area contributed by atoms with Gasteiger partial charge in [-0.15, -0.1) is 0 Å². The molecule has 0 saturated carbocycles. The molecule has 0 aliphatic carbocycles. The van der Waals surface area contributed by atoms with Crippen molar-refractivity contribution in [2.24, 2.45) is 0 Å². The number of aromatic nitrogens is 4. The van der Waals surface area contributed by atoms with Gasteiger partial charge in [0.15, 0.2) is 23.2 Å². The summed E-state index contributed by atoms with van der Waals surface area (Å²) >= 11 is 0. The molecule has 2 aliphatic heterocycles. The average Bonchev–Trinajstić information content (AvgIpc) is 3.17. The number of nitrogens with zero attached hydrogens (tertiary/aromatic N) is 5. The van der Waals surface area contributed by atoms with E-state index in [1.807, 2.05) is 0 Å². The van der Waals surface area contributed by atoms with Gasteiger partial charge in [-0.3, -0.25) is 4.57 Å². The van der Waals surface area contributed by atoms with Gasteiger partial charge in [-0.1, -0.05) is 0 Å². The van der Waals surface area contributed by atoms with Crippen molar-refractivity contribution in [1.29, 1.82) is 0 Å². The van der Waals surface area contributed by atoms with Crippen LogP contribution in [0.25, 0.3) is 11.2 Å². The van der Waals surface area contributed by atoms with Crippen LogP contribution in [0.4, 0.5) is 5.82 Å². The van der Waals surface area contributed by atoms with E-state index in [1.54, 1.807) is 4.57 Å². The maximum Gasteiger partial charge on any atom is 0.167 e. The summed E-state index contributed by atoms with van der Waals surface area (Å²) in [4.78, 5) is 15.0. The number of aliphatic hydroxyl groups is 3. The Morgan fingerprint density at radius 2 is 1.92 bits per heavy atom. The van der Waals surface area contributed by atoms with Crippen LogP contribution in [0.2, 0.25) is 0 Å². The maximum absolute atomic E-state index is 10.2. The molecule has 130 valence electrons. The molecule has 4 rings (SSSR count). The van der Waals surface area contributed by atoms with Gasteiger partial charge in [0, 0.05) is 13.1 Å². The van der Waals surface area contributed by atoms with Crippen LogP contribution < -0.4 is 4.90 Å². The van der Waals surface area contributed by atoms with E-state index >= 15 is 0 Å². The van der Waals surface area contributed by atoms with Crippen LogP contribution in [0.15, 0.2) is 12.7 Å². The molecular weight excluding hydrogens is 318 g/mol. The first-order valence-corrected chi connectivity index (χ1v) is 7.83. The first-order chi connectivity index (χ1) is 11.7. The smallest absolute Gasteiger partial charge is 0.167 e. The van der Waals surface area contributed by atoms with Crippen LogP contribution in [0.3, 0.4) is 0 Å². The molecule has 10 heteroatoms. The van der Waals surface area contributed by atoms with Gasteiger partial charge in [0.25, 0.3) is 0 Å². The lowest BCUT2D eigenvalue weighted by atomic mass is 10.1. The highest BCUT2D eigenvalue weighted by molar-refractivity contribution is 5.83. The minimum atomic E-state index is -1.18. The Labute approximate surface area is 137 Å². The van der Waals surface area contributed by atoms with E-state index in [4.69, 9.17) is 9.47 Å². The Morgan fingerprint density at radius 3 is 2.62 bits per heavy atom. The molecule has 2 fully saturated rings. The fourth-order valence-electron chi connectivity index (χ4n) is 3.14. The van der Waals surface area contributed by atoms with Gasteiger partial charge in [-0.25, -0.2) is 15.0 Å². The first-order valence-electron chi connectivity index (χ1n) is 7.83. The zero-order valence-corrected chi connectivity index (χ0v) is 12.9. The number of rotatable bonds is 3. The molecule has 0 spiro atoms. The minimum absolute atomic E-state index is 0.380. The van der Waals surface area contributed by atoms with Crippen LogP contribution in [-0.2, 0) is 9.47 Å². The molecule has 4 atom stereocenters. The molecule has 0 radical (unpaired) electrons. The molecule has 2 aromatic heterocycles. The lowest BCUT2D eigenvalue weighted by molar-refractivity contribution is -0.0511. The molecule has 24 heavy (non-hydrogen) atoms. The molecule has 3 N–H and O–H groups in total. The van der Waals surface area contributed by atoms with Crippen LogP contribution >= 0.6 is 0 Å². The van der Waals surface area contributed by atoms with Crippen molar-refractivity contribution < 1.29 is 24.8 Å². The minimum Gasteiger partial charge on any atom is -0.394 e. The second-order valence-corrected chi connectivity index (χ2v) is 5.85. The third-order valence-corrected chi connectivity index (χ3v) is 4.44. The lowest BCUT2D eigenvalue weighted by Crippen LogP contribution is -2.37. The molecule has 0 aromatic carbocycles. The molecule has 10 nitrogen and oxygen atoms in total. The zero-order valence-electron chi connectivity index (χ0n) is 12.9. The number of ether oxygens (including phenoxy) is 2. The van der Waals surface area contributed by atoms with Crippen LogP contribution in [0.1, 0.15) is 6.23 Å². The normalized spacial score (nSPS) is 31.0. The standard InChI is InChI=1S/C14H19N5O5/c20-5-8-10(21)11(22)14(24-8)19-7-17-9-12(15-6-16-13(9)19)18-1-3-23-4-2-18/h6-8,10-11,14,20-22H,1-5H2/t8-,10+,11-,14+/m0/s1. The monoisotopic (exact) mass is 337 g/mol. The molecule has 0 amide bonds. The Morgan fingerprint density at radius 1 is 1.12 bits per heavy atom. The van der Waals surface area contributed by atoms with Gasteiger partial charge in [0.1, 0.15) is 24.6 Å². The molecule has 2 saturated heterocycles. The topological polar surface area (TPSA) is 126 Å². The highest BCUT2D eigenvalue weighted by Gasteiger charge is 2.44. The Kier molecular flexibility index (Phi) is 4.06. The predicted octanol–water partition coefficient (Wildman–Crippen LogP) is -1.73. The van der Waals surface area contributed by atoms with Gasteiger partial charge < -0.3 is 29.7 Å². The highest BCUT2D eigenvalue weighted by Crippen LogP contribution is 2.32. The third kappa shape index (κ3) is 2.43. The summed E-state index contributed by atoms with van der Waals surface area (Å²) in [6.07, 6.45) is -1.12. The number of hydrogen-bond acceptors (Lipinski definition) is 9. The van der Waals surface area contributed by atoms with Crippen molar-refractivity contribution in [3.63, 3.8) is 0 Å². The number of aliphatic hydroxyl groups excluding tert-OH is 3. The Hall–Kier alpha value is -1.85. The van der Waals surface area contributed by atoms with E-state index in [9.17, 15) is 15.3 Å². The summed E-state index contributed by atoms with van der Waals surface area (Å²) in [7, 11) is 0. The average molecular weight is 337 g/mol. The summed E-state index contributed by atoms with van der Waals surface area (Å²) in [6.45, 7) is 2.30. The predicted molar refractivity (Wildman–Crippen MR) is 81.4 cm³/mol. The molecule has 0 bridgehead atoms. The fourth-order valence-corrected chi connectivity index (χ4v) is 3.14. The number of fused-ring (bicyclic) bond motifs is 1. The number of anilines is 1. The molecule has 4 heterocycles. The largest absolute Gasteiger partial charge is 0.394 e. The second kappa shape index (κ2) is 6.22. The maximum atomic E-state index is 10.2. The number of morpholine rings is 1. The Bertz CT molecular complexity index is 719. The SMILES string of the molecule is OC[C@@H]1O[C@@H](n2cnc3c(N4CCOCC4)ncnc32)[C@@H](O)[C@@H]1O. The molecule has 2 aliphatic rings. The van der Waals surface area contributed by atoms with Gasteiger partial charge in [0.2, 0.25) is 0 Å². The van der Waals surface area contributed by atoms with Crippen molar-refractivity contribution in [2.75, 3.05) is 37.8 Å². The summed E-state index contributed by atoms with van der Waals surface area (Å²) in [6, 6.07) is 0. The molecule has 0 unspecified atom stereocenters. The van der Waals surface area contributed by atoms with Gasteiger partial charge in [-0.2, -0.15) is 0 Å². The van der Waals surface area contributed by atoms with E-state index in [2.05, 4.69) is 19.9 Å². The van der Waals surface area contributed by atoms with Crippen molar-refractivity contribution >= 4 is 17.0 Å². The van der Waals surface area contributed by atoms with Crippen molar-refractivity contribution in [2.45, 2.75) is 24.5 Å². The van der Waals surface area contributed by atoms with E-state index in [0.29, 0.717) is 43.3 Å². The summed E-state index contributed by atoms with van der Waals surface area (Å²) < 4.78 is 12.5. The fraction of sp³-hybridized carbons (Fsp3) is 0.643. The van der Waals surface area contributed by atoms with Crippen LogP contribution in [0.5, 0.6) is 0 Å². The first kappa shape index (κ1) is 15.7. The Balaban J connectivity index is 1.71. The van der Waals surface area contributed by atoms with Crippen molar-refractivity contribution in [3.05, 3.63) is 12.7 Å². The summed E-state index contributed by atoms with van der Waals surface area (Å²) in [5, 5.41) is 29.4. The number of hydrogen-bond donors (Lipinski definition) is 3. The van der Waals surface area contributed by atoms with Crippen LogP contribution in [-0.4, -0.2) is 86.1 Å². The van der Waals surface area contributed by atoms with Crippen LogP contribution in [0, 0.1) is 0 Å². The van der Waals surface area contributed by atoms with Gasteiger partial charge in [-0.05, 0) is 0 Å². The summed E-state index contributed by atoms with van der Waals surface area (Å²) in [5.41, 5.74) is 1.10. The van der Waals surface area contributed by atoms with Crippen molar-refractivity contribution in [1.82, 2.24) is 19.5 Å². The van der Waals surface area contributed by atoms with E-state index < -0.39 is 24.5 Å². The van der Waals surface area contributed by atoms with E-state index in [-0.39, 0.29) is 6.61 Å². The molecule has 2 aromatic rings. The zero-order chi connectivity index (χ0) is 16.7. The highest BCUT2D eigenvalue weighted by atomic mass is 16.6. The lowest BCUT2D eigenvalue weighted by Gasteiger charge is -2.27. The van der Waals surface area contributed by atoms with Crippen molar-refractivity contribution in [3.8, 4) is 0 Å². The van der Waals surface area contributed by atoms with Gasteiger partial charge >= 0.3 is 0 Å². The van der Waals surface area contributed by atoms with E-state index in [0.717, 1.165) is 0 Å². The van der Waals surface area contributed by atoms with E-state index in [1.165, 1.54) is 12.7 Å². The second-order valence-electron chi connectivity index (χ2n) is 5.85. The summed E-state index contributed by atoms with van der Waals surface area (Å²) in [5.74, 6) is 0.703.